The zero-order valence-electron chi connectivity index (χ0n) is 6.14. The Kier molecular flexibility index (Phi) is 3.34. The van der Waals surface area contributed by atoms with Crippen LogP contribution in [0.2, 0.25) is 0 Å². The van der Waals surface area contributed by atoms with E-state index in [2.05, 4.69) is 50.1 Å². The molecule has 0 aliphatic rings. The van der Waals surface area contributed by atoms with Crippen LogP contribution in [-0.2, 0) is 0 Å². The van der Waals surface area contributed by atoms with Crippen molar-refractivity contribution in [1.82, 2.24) is 0 Å². The van der Waals surface area contributed by atoms with Crippen molar-refractivity contribution in [1.29, 1.82) is 0 Å². The molecule has 0 nitrogen and oxygen atoms in total. The Balaban J connectivity index is 3.08. The second-order valence-corrected chi connectivity index (χ2v) is 4.03. The van der Waals surface area contributed by atoms with Crippen molar-refractivity contribution in [2.75, 3.05) is 0 Å². The normalized spacial score (nSPS) is 10.8. The van der Waals surface area contributed by atoms with Gasteiger partial charge in [0.1, 0.15) is 0 Å². The molecule has 11 heavy (non-hydrogen) atoms. The van der Waals surface area contributed by atoms with Crippen LogP contribution in [0.15, 0.2) is 33.2 Å². The third kappa shape index (κ3) is 2.80. The predicted octanol–water partition coefficient (Wildman–Crippen LogP) is 4.24. The summed E-state index contributed by atoms with van der Waals surface area (Å²) in [5.74, 6) is 0. The van der Waals surface area contributed by atoms with Gasteiger partial charge in [0.05, 0.1) is 0 Å². The number of allylic oxidation sites excluding steroid dienone is 1. The summed E-state index contributed by atoms with van der Waals surface area (Å²) in [5.41, 5.74) is 1.20. The molecule has 0 saturated carbocycles. The van der Waals surface area contributed by atoms with E-state index in [1.807, 2.05) is 19.1 Å². The maximum atomic E-state index is 3.42. The Bertz CT molecular complexity index is 257. The monoisotopic (exact) mass is 274 g/mol. The van der Waals surface area contributed by atoms with Gasteiger partial charge in [-0.05, 0) is 30.7 Å². The molecular weight excluding hydrogens is 268 g/mol. The van der Waals surface area contributed by atoms with Crippen LogP contribution in [-0.4, -0.2) is 0 Å². The minimum atomic E-state index is 1.10. The lowest BCUT2D eigenvalue weighted by atomic mass is 10.2. The van der Waals surface area contributed by atoms with Crippen LogP contribution in [0, 0.1) is 0 Å². The summed E-state index contributed by atoms with van der Waals surface area (Å²) < 4.78 is 2.19. The minimum absolute atomic E-state index is 1.10. The molecule has 1 aromatic carbocycles. The molecule has 0 radical (unpaired) electrons. The van der Waals surface area contributed by atoms with Crippen LogP contribution < -0.4 is 0 Å². The summed E-state index contributed by atoms with van der Waals surface area (Å²) in [6, 6.07) is 6.17. The Morgan fingerprint density at radius 3 is 2.09 bits per heavy atom. The molecule has 0 amide bonds. The lowest BCUT2D eigenvalue weighted by Crippen LogP contribution is -1.72. The van der Waals surface area contributed by atoms with E-state index in [4.69, 9.17) is 0 Å². The van der Waals surface area contributed by atoms with Crippen molar-refractivity contribution >= 4 is 37.9 Å². The van der Waals surface area contributed by atoms with Gasteiger partial charge in [-0.2, -0.15) is 0 Å². The van der Waals surface area contributed by atoms with Crippen molar-refractivity contribution in [3.8, 4) is 0 Å². The molecule has 0 fully saturated rings. The van der Waals surface area contributed by atoms with Crippen LogP contribution >= 0.6 is 31.9 Å². The summed E-state index contributed by atoms with van der Waals surface area (Å²) in [6.45, 7) is 2.01. The van der Waals surface area contributed by atoms with Crippen LogP contribution in [0.25, 0.3) is 6.08 Å². The zero-order valence-corrected chi connectivity index (χ0v) is 9.31. The van der Waals surface area contributed by atoms with Crippen molar-refractivity contribution in [3.05, 3.63) is 38.8 Å². The molecule has 58 valence electrons. The van der Waals surface area contributed by atoms with E-state index in [0.717, 1.165) is 8.95 Å². The van der Waals surface area contributed by atoms with Crippen LogP contribution in [0.1, 0.15) is 12.5 Å². The lowest BCUT2D eigenvalue weighted by Gasteiger charge is -1.96. The fourth-order valence-electron chi connectivity index (χ4n) is 0.864. The summed E-state index contributed by atoms with van der Waals surface area (Å²) >= 11 is 6.84. The molecule has 2 heteroatoms. The molecule has 0 bridgehead atoms. The molecule has 1 rings (SSSR count). The average Bonchev–Trinajstić information content (AvgIpc) is 1.85. The maximum absolute atomic E-state index is 3.42. The Labute approximate surface area is 83.6 Å². The van der Waals surface area contributed by atoms with Crippen molar-refractivity contribution in [2.45, 2.75) is 6.92 Å². The van der Waals surface area contributed by atoms with Gasteiger partial charge < -0.3 is 0 Å². The first-order valence-electron chi connectivity index (χ1n) is 3.31. The molecule has 0 spiro atoms. The van der Waals surface area contributed by atoms with Gasteiger partial charge >= 0.3 is 0 Å². The largest absolute Gasteiger partial charge is 0.0871 e. The van der Waals surface area contributed by atoms with Gasteiger partial charge in [0.15, 0.2) is 0 Å². The van der Waals surface area contributed by atoms with E-state index in [9.17, 15) is 0 Å². The highest BCUT2D eigenvalue weighted by molar-refractivity contribution is 9.11. The summed E-state index contributed by atoms with van der Waals surface area (Å²) in [7, 11) is 0. The molecule has 0 aliphatic carbocycles. The highest BCUT2D eigenvalue weighted by atomic mass is 79.9. The zero-order chi connectivity index (χ0) is 8.27. The standard InChI is InChI=1S/C9H8Br2/c1-2-3-7-4-8(10)6-9(11)5-7/h2-6H,1H3. The third-order valence-electron chi connectivity index (χ3n) is 1.24. The number of hydrogen-bond donors (Lipinski definition) is 0. The van der Waals surface area contributed by atoms with Gasteiger partial charge in [0.25, 0.3) is 0 Å². The summed E-state index contributed by atoms with van der Waals surface area (Å²) in [6.07, 6.45) is 4.09. The topological polar surface area (TPSA) is 0 Å². The van der Waals surface area contributed by atoms with Gasteiger partial charge in [-0.25, -0.2) is 0 Å². The summed E-state index contributed by atoms with van der Waals surface area (Å²) in [4.78, 5) is 0. The first-order chi connectivity index (χ1) is 5.22. The highest BCUT2D eigenvalue weighted by Gasteiger charge is 1.92. The fraction of sp³-hybridized carbons (Fsp3) is 0.111. The van der Waals surface area contributed by atoms with Crippen molar-refractivity contribution in [3.63, 3.8) is 0 Å². The van der Waals surface area contributed by atoms with E-state index < -0.39 is 0 Å². The molecule has 0 aromatic heterocycles. The van der Waals surface area contributed by atoms with Crippen LogP contribution in [0.4, 0.5) is 0 Å². The van der Waals surface area contributed by atoms with Gasteiger partial charge in [0, 0.05) is 8.95 Å². The Morgan fingerprint density at radius 1 is 1.09 bits per heavy atom. The first-order valence-corrected chi connectivity index (χ1v) is 4.90. The van der Waals surface area contributed by atoms with Gasteiger partial charge in [0.2, 0.25) is 0 Å². The van der Waals surface area contributed by atoms with Gasteiger partial charge in [-0.1, -0.05) is 44.0 Å². The van der Waals surface area contributed by atoms with E-state index >= 15 is 0 Å². The SMILES string of the molecule is CC=Cc1cc(Br)cc(Br)c1. The first kappa shape index (κ1) is 9.01. The molecule has 0 unspecified atom stereocenters. The van der Waals surface area contributed by atoms with E-state index in [1.165, 1.54) is 5.56 Å². The van der Waals surface area contributed by atoms with Crippen LogP contribution in [0.5, 0.6) is 0 Å². The van der Waals surface area contributed by atoms with Crippen LogP contribution in [0.3, 0.4) is 0 Å². The van der Waals surface area contributed by atoms with E-state index in [-0.39, 0.29) is 0 Å². The number of hydrogen-bond acceptors (Lipinski definition) is 0. The van der Waals surface area contributed by atoms with Gasteiger partial charge in [-0.3, -0.25) is 0 Å². The molecule has 0 aliphatic heterocycles. The molecule has 0 heterocycles. The smallest absolute Gasteiger partial charge is 0.0192 e. The highest BCUT2D eigenvalue weighted by Crippen LogP contribution is 2.20. The second-order valence-electron chi connectivity index (χ2n) is 2.20. The Morgan fingerprint density at radius 2 is 1.64 bits per heavy atom. The molecular formula is C9H8Br2. The van der Waals surface area contributed by atoms with Gasteiger partial charge in [-0.15, -0.1) is 0 Å². The molecule has 0 N–H and O–H groups in total. The van der Waals surface area contributed by atoms with E-state index in [0.29, 0.717) is 0 Å². The lowest BCUT2D eigenvalue weighted by molar-refractivity contribution is 1.56. The average molecular weight is 276 g/mol. The van der Waals surface area contributed by atoms with Crippen molar-refractivity contribution in [2.24, 2.45) is 0 Å². The van der Waals surface area contributed by atoms with Crippen molar-refractivity contribution < 1.29 is 0 Å². The quantitative estimate of drug-likeness (QED) is 0.719. The minimum Gasteiger partial charge on any atom is -0.0871 e. The molecule has 0 atom stereocenters. The third-order valence-corrected chi connectivity index (χ3v) is 2.16. The second kappa shape index (κ2) is 4.07. The number of benzene rings is 1. The summed E-state index contributed by atoms with van der Waals surface area (Å²) in [5, 5.41) is 0. The molecule has 1 aromatic rings. The van der Waals surface area contributed by atoms with E-state index in [1.54, 1.807) is 0 Å². The fourth-order valence-corrected chi connectivity index (χ4v) is 2.19. The predicted molar refractivity (Wildman–Crippen MR) is 56.6 cm³/mol. The number of halogens is 2. The number of rotatable bonds is 1. The maximum Gasteiger partial charge on any atom is 0.0192 e. The Hall–Kier alpha value is -0.0800. The molecule has 0 saturated heterocycles.